The van der Waals surface area contributed by atoms with Crippen LogP contribution in [-0.4, -0.2) is 41.0 Å². The molecule has 0 amide bonds. The second-order valence-electron chi connectivity index (χ2n) is 7.10. The molecule has 2 heterocycles. The lowest BCUT2D eigenvalue weighted by Gasteiger charge is -2.09. The Bertz CT molecular complexity index is 1390. The first kappa shape index (κ1) is 22.8. The van der Waals surface area contributed by atoms with E-state index in [-0.39, 0.29) is 23.4 Å². The molecule has 0 atom stereocenters. The summed E-state index contributed by atoms with van der Waals surface area (Å²) < 4.78 is 1.99. The first-order valence-corrected chi connectivity index (χ1v) is 10.7. The number of hydrogen-bond acceptors (Lipinski definition) is 10. The number of nitrogens with zero attached hydrogens (tertiary/aromatic N) is 7. The number of benzene rings is 2. The Balaban J connectivity index is 1.67. The number of nitrogens with one attached hydrogen (secondary N) is 2. The van der Waals surface area contributed by atoms with Crippen LogP contribution in [0.2, 0.25) is 0 Å². The van der Waals surface area contributed by atoms with Crippen LogP contribution in [0.4, 0.5) is 23.3 Å². The average molecular weight is 524 g/mol. The molecular weight excluding hydrogens is 506 g/mol. The fourth-order valence-electron chi connectivity index (χ4n) is 3.05. The Morgan fingerprint density at radius 3 is 2.53 bits per heavy atom. The standard InChI is InChI=1S/C21H18BrN9O3/c1-12-8-13(2)30(29-12)21-26-19(24-16-6-4-3-5-7-16)25-20(27-21)28-23-11-14-9-15(22)10-17(18(14)32)31(33)34/h3-11,32H,1-2H3,(H2,24,25,26,27,28)/b23-11-. The second-order valence-corrected chi connectivity index (χ2v) is 8.02. The van der Waals surface area contributed by atoms with E-state index in [1.54, 1.807) is 4.68 Å². The van der Waals surface area contributed by atoms with Gasteiger partial charge in [-0.1, -0.05) is 34.1 Å². The summed E-state index contributed by atoms with van der Waals surface area (Å²) in [5.74, 6) is 0.0976. The number of anilines is 3. The zero-order chi connectivity index (χ0) is 24.2. The minimum absolute atomic E-state index is 0.0937. The van der Waals surface area contributed by atoms with Crippen LogP contribution in [0.3, 0.4) is 0 Å². The summed E-state index contributed by atoms with van der Waals surface area (Å²) in [4.78, 5) is 23.6. The van der Waals surface area contributed by atoms with Crippen molar-refractivity contribution in [3.8, 4) is 11.7 Å². The predicted molar refractivity (Wildman–Crippen MR) is 130 cm³/mol. The third-order valence-electron chi connectivity index (χ3n) is 4.50. The number of hydrazone groups is 1. The van der Waals surface area contributed by atoms with Crippen LogP contribution in [0.15, 0.2) is 58.1 Å². The lowest BCUT2D eigenvalue weighted by Crippen LogP contribution is -2.11. The number of nitro benzene ring substituents is 1. The van der Waals surface area contributed by atoms with E-state index in [2.05, 4.69) is 51.8 Å². The Morgan fingerprint density at radius 1 is 1.12 bits per heavy atom. The number of aromatic nitrogens is 5. The number of phenolic OH excluding ortho intramolecular Hbond substituents is 1. The van der Waals surface area contributed by atoms with E-state index in [0.29, 0.717) is 4.47 Å². The molecule has 12 nitrogen and oxygen atoms in total. The summed E-state index contributed by atoms with van der Waals surface area (Å²) in [5, 5.41) is 32.9. The fourth-order valence-corrected chi connectivity index (χ4v) is 3.51. The Morgan fingerprint density at radius 2 is 1.85 bits per heavy atom. The van der Waals surface area contributed by atoms with Gasteiger partial charge in [0.2, 0.25) is 17.6 Å². The lowest BCUT2D eigenvalue weighted by molar-refractivity contribution is -0.385. The van der Waals surface area contributed by atoms with Crippen LogP contribution in [0.1, 0.15) is 17.0 Å². The Kier molecular flexibility index (Phi) is 6.45. The predicted octanol–water partition coefficient (Wildman–Crippen LogP) is 4.24. The molecule has 0 radical (unpaired) electrons. The van der Waals surface area contributed by atoms with Gasteiger partial charge in [-0.25, -0.2) is 10.1 Å². The van der Waals surface area contributed by atoms with Gasteiger partial charge in [0.25, 0.3) is 5.95 Å². The van der Waals surface area contributed by atoms with Gasteiger partial charge < -0.3 is 10.4 Å². The Labute approximate surface area is 201 Å². The van der Waals surface area contributed by atoms with Gasteiger partial charge in [-0.2, -0.15) is 25.2 Å². The van der Waals surface area contributed by atoms with Gasteiger partial charge in [-0.15, -0.1) is 0 Å². The molecule has 4 rings (SSSR count). The van der Waals surface area contributed by atoms with E-state index < -0.39 is 16.4 Å². The highest BCUT2D eigenvalue weighted by atomic mass is 79.9. The van der Waals surface area contributed by atoms with E-state index in [1.165, 1.54) is 18.3 Å². The summed E-state index contributed by atoms with van der Waals surface area (Å²) in [6, 6.07) is 13.9. The smallest absolute Gasteiger partial charge is 0.312 e. The quantitative estimate of drug-likeness (QED) is 0.183. The summed E-state index contributed by atoms with van der Waals surface area (Å²) in [5.41, 5.74) is 4.76. The maximum Gasteiger partial charge on any atom is 0.312 e. The lowest BCUT2D eigenvalue weighted by atomic mass is 10.2. The molecule has 0 aliphatic heterocycles. The van der Waals surface area contributed by atoms with Gasteiger partial charge >= 0.3 is 5.69 Å². The molecule has 0 bridgehead atoms. The molecule has 34 heavy (non-hydrogen) atoms. The van der Waals surface area contributed by atoms with Crippen molar-refractivity contribution < 1.29 is 10.0 Å². The van der Waals surface area contributed by atoms with E-state index in [9.17, 15) is 15.2 Å². The third kappa shape index (κ3) is 5.15. The minimum atomic E-state index is -0.682. The number of nitro groups is 1. The first-order valence-electron chi connectivity index (χ1n) is 9.88. The molecule has 13 heteroatoms. The highest BCUT2D eigenvalue weighted by Gasteiger charge is 2.18. The van der Waals surface area contributed by atoms with Gasteiger partial charge in [-0.3, -0.25) is 10.1 Å². The third-order valence-corrected chi connectivity index (χ3v) is 4.96. The topological polar surface area (TPSA) is 156 Å². The van der Waals surface area contributed by atoms with Gasteiger partial charge in [0.15, 0.2) is 0 Å². The molecule has 0 aliphatic carbocycles. The minimum Gasteiger partial charge on any atom is -0.502 e. The maximum absolute atomic E-state index is 11.1. The molecule has 4 aromatic rings. The molecule has 2 aromatic heterocycles. The molecule has 0 saturated carbocycles. The van der Waals surface area contributed by atoms with Gasteiger partial charge in [0.05, 0.1) is 16.8 Å². The van der Waals surface area contributed by atoms with Gasteiger partial charge in [0, 0.05) is 27.5 Å². The molecule has 0 unspecified atom stereocenters. The summed E-state index contributed by atoms with van der Waals surface area (Å²) in [6.07, 6.45) is 1.23. The van der Waals surface area contributed by atoms with Gasteiger partial charge in [-0.05, 0) is 38.1 Å². The normalized spacial score (nSPS) is 11.0. The van der Waals surface area contributed by atoms with Crippen LogP contribution < -0.4 is 10.7 Å². The van der Waals surface area contributed by atoms with Crippen molar-refractivity contribution in [1.82, 2.24) is 24.7 Å². The van der Waals surface area contributed by atoms with Crippen LogP contribution in [-0.2, 0) is 0 Å². The first-order chi connectivity index (χ1) is 16.3. The number of rotatable bonds is 7. The molecule has 0 saturated heterocycles. The van der Waals surface area contributed by atoms with Crippen molar-refractivity contribution >= 4 is 45.4 Å². The molecule has 172 valence electrons. The molecular formula is C21H18BrN9O3. The van der Waals surface area contributed by atoms with Crippen molar-refractivity contribution in [3.63, 3.8) is 0 Å². The number of halogens is 1. The second kappa shape index (κ2) is 9.62. The summed E-state index contributed by atoms with van der Waals surface area (Å²) in [6.45, 7) is 3.74. The Hall–Kier alpha value is -4.39. The number of phenols is 1. The van der Waals surface area contributed by atoms with Crippen LogP contribution >= 0.6 is 15.9 Å². The SMILES string of the molecule is Cc1cc(C)n(-c2nc(N/N=C\c3cc(Br)cc([N+](=O)[O-])c3O)nc(Nc3ccccc3)n2)n1. The van der Waals surface area contributed by atoms with E-state index >= 15 is 0 Å². The number of aryl methyl sites for hydroxylation is 2. The van der Waals surface area contributed by atoms with Crippen molar-refractivity contribution in [3.05, 3.63) is 80.1 Å². The summed E-state index contributed by atoms with van der Waals surface area (Å²) in [7, 11) is 0. The van der Waals surface area contributed by atoms with Crippen LogP contribution in [0.25, 0.3) is 5.95 Å². The summed E-state index contributed by atoms with van der Waals surface area (Å²) >= 11 is 3.19. The number of para-hydroxylation sites is 1. The van der Waals surface area contributed by atoms with E-state index in [0.717, 1.165) is 17.1 Å². The van der Waals surface area contributed by atoms with Crippen molar-refractivity contribution in [1.29, 1.82) is 0 Å². The van der Waals surface area contributed by atoms with Crippen LogP contribution in [0, 0.1) is 24.0 Å². The maximum atomic E-state index is 11.1. The average Bonchev–Trinajstić information content (AvgIpc) is 3.14. The molecule has 2 aromatic carbocycles. The zero-order valence-electron chi connectivity index (χ0n) is 18.0. The number of aromatic hydroxyl groups is 1. The van der Waals surface area contributed by atoms with E-state index in [1.807, 2.05) is 50.2 Å². The van der Waals surface area contributed by atoms with Crippen molar-refractivity contribution in [2.24, 2.45) is 5.10 Å². The molecule has 0 aliphatic rings. The fraction of sp³-hybridized carbons (Fsp3) is 0.0952. The molecule has 0 spiro atoms. The van der Waals surface area contributed by atoms with E-state index in [4.69, 9.17) is 0 Å². The largest absolute Gasteiger partial charge is 0.502 e. The van der Waals surface area contributed by atoms with Gasteiger partial charge in [0.1, 0.15) is 0 Å². The monoisotopic (exact) mass is 523 g/mol. The highest BCUT2D eigenvalue weighted by molar-refractivity contribution is 9.10. The highest BCUT2D eigenvalue weighted by Crippen LogP contribution is 2.32. The molecule has 0 fully saturated rings. The zero-order valence-corrected chi connectivity index (χ0v) is 19.6. The van der Waals surface area contributed by atoms with Crippen molar-refractivity contribution in [2.75, 3.05) is 10.7 Å². The number of hydrogen-bond donors (Lipinski definition) is 3. The van der Waals surface area contributed by atoms with Crippen LogP contribution in [0.5, 0.6) is 5.75 Å². The molecule has 3 N–H and O–H groups in total. The van der Waals surface area contributed by atoms with Crippen molar-refractivity contribution in [2.45, 2.75) is 13.8 Å².